The van der Waals surface area contributed by atoms with Crippen molar-refractivity contribution in [1.29, 1.82) is 0 Å². The Balaban J connectivity index is 2.12. The zero-order chi connectivity index (χ0) is 13.8. The van der Waals surface area contributed by atoms with Crippen molar-refractivity contribution in [3.05, 3.63) is 44.4 Å². The molecule has 0 bridgehead atoms. The molecule has 0 aliphatic carbocycles. The highest BCUT2D eigenvalue weighted by Crippen LogP contribution is 2.22. The standard InChI is InChI=1S/C12H11BrFN3OS/c1-15-11-8(4-7(14)5-16-11)12(18)17-6-10-9(13)2-3-19-10/h2-5H,6H2,1H3,(H,15,16)(H,17,18). The molecule has 0 atom stereocenters. The van der Waals surface area contributed by atoms with Crippen molar-refractivity contribution in [3.8, 4) is 0 Å². The number of halogens is 2. The predicted octanol–water partition coefficient (Wildman–Crippen LogP) is 3.02. The molecule has 0 aromatic carbocycles. The van der Waals surface area contributed by atoms with Crippen molar-refractivity contribution < 1.29 is 9.18 Å². The average Bonchev–Trinajstić information content (AvgIpc) is 2.81. The van der Waals surface area contributed by atoms with Crippen LogP contribution in [0.25, 0.3) is 0 Å². The quantitative estimate of drug-likeness (QED) is 0.897. The molecule has 2 heterocycles. The molecule has 0 saturated carbocycles. The molecule has 0 unspecified atom stereocenters. The van der Waals surface area contributed by atoms with Crippen molar-refractivity contribution in [1.82, 2.24) is 10.3 Å². The van der Waals surface area contributed by atoms with Crippen LogP contribution in [0.3, 0.4) is 0 Å². The lowest BCUT2D eigenvalue weighted by Gasteiger charge is -2.08. The third kappa shape index (κ3) is 3.30. The van der Waals surface area contributed by atoms with E-state index in [9.17, 15) is 9.18 Å². The van der Waals surface area contributed by atoms with Crippen molar-refractivity contribution in [2.24, 2.45) is 0 Å². The van der Waals surface area contributed by atoms with Crippen molar-refractivity contribution in [2.75, 3.05) is 12.4 Å². The van der Waals surface area contributed by atoms with Crippen LogP contribution in [0, 0.1) is 5.82 Å². The summed E-state index contributed by atoms with van der Waals surface area (Å²) < 4.78 is 14.1. The lowest BCUT2D eigenvalue weighted by Crippen LogP contribution is -2.24. The minimum absolute atomic E-state index is 0.190. The number of carbonyl (C=O) groups excluding carboxylic acids is 1. The number of hydrogen-bond donors (Lipinski definition) is 2. The van der Waals surface area contributed by atoms with Crippen LogP contribution in [0.2, 0.25) is 0 Å². The molecule has 0 radical (unpaired) electrons. The van der Waals surface area contributed by atoms with Gasteiger partial charge in [0.05, 0.1) is 18.3 Å². The van der Waals surface area contributed by atoms with Gasteiger partial charge in [0.2, 0.25) is 0 Å². The number of pyridine rings is 1. The highest BCUT2D eigenvalue weighted by molar-refractivity contribution is 9.10. The summed E-state index contributed by atoms with van der Waals surface area (Å²) in [5.41, 5.74) is 0.190. The van der Waals surface area contributed by atoms with Gasteiger partial charge in [-0.15, -0.1) is 11.3 Å². The van der Waals surface area contributed by atoms with Crippen LogP contribution in [0.4, 0.5) is 10.2 Å². The average molecular weight is 344 g/mol. The topological polar surface area (TPSA) is 54.0 Å². The van der Waals surface area contributed by atoms with Gasteiger partial charge < -0.3 is 10.6 Å². The summed E-state index contributed by atoms with van der Waals surface area (Å²) in [6.07, 6.45) is 1.07. The van der Waals surface area contributed by atoms with Crippen LogP contribution in [0.15, 0.2) is 28.2 Å². The molecule has 0 aliphatic heterocycles. The summed E-state index contributed by atoms with van der Waals surface area (Å²) in [4.78, 5) is 16.8. The third-order valence-electron chi connectivity index (χ3n) is 2.44. The number of nitrogens with zero attached hydrogens (tertiary/aromatic N) is 1. The second-order valence-electron chi connectivity index (χ2n) is 3.67. The smallest absolute Gasteiger partial charge is 0.255 e. The largest absolute Gasteiger partial charge is 0.372 e. The summed E-state index contributed by atoms with van der Waals surface area (Å²) in [6, 6.07) is 3.08. The van der Waals surface area contributed by atoms with E-state index in [2.05, 4.69) is 31.5 Å². The fourth-order valence-corrected chi connectivity index (χ4v) is 2.95. The second kappa shape index (κ2) is 6.12. The monoisotopic (exact) mass is 343 g/mol. The first kappa shape index (κ1) is 14.0. The summed E-state index contributed by atoms with van der Waals surface area (Å²) in [5, 5.41) is 7.43. The fourth-order valence-electron chi connectivity index (χ4n) is 1.52. The molecule has 2 N–H and O–H groups in total. The molecule has 7 heteroatoms. The van der Waals surface area contributed by atoms with Gasteiger partial charge in [-0.2, -0.15) is 0 Å². The van der Waals surface area contributed by atoms with E-state index in [1.807, 2.05) is 11.4 Å². The van der Waals surface area contributed by atoms with E-state index in [0.29, 0.717) is 12.4 Å². The first-order valence-electron chi connectivity index (χ1n) is 5.45. The lowest BCUT2D eigenvalue weighted by atomic mass is 10.2. The van der Waals surface area contributed by atoms with Crippen LogP contribution in [0.5, 0.6) is 0 Å². The number of hydrogen-bond acceptors (Lipinski definition) is 4. The Hall–Kier alpha value is -1.47. The molecule has 2 aromatic rings. The first-order valence-corrected chi connectivity index (χ1v) is 7.12. The molecule has 0 saturated heterocycles. The van der Waals surface area contributed by atoms with Crippen molar-refractivity contribution in [3.63, 3.8) is 0 Å². The molecule has 4 nitrogen and oxygen atoms in total. The van der Waals surface area contributed by atoms with Gasteiger partial charge in [0.25, 0.3) is 5.91 Å². The SMILES string of the molecule is CNc1ncc(F)cc1C(=O)NCc1sccc1Br. The van der Waals surface area contributed by atoms with Crippen LogP contribution < -0.4 is 10.6 Å². The molecule has 1 amide bonds. The molecule has 2 aromatic heterocycles. The number of thiophene rings is 1. The third-order valence-corrected chi connectivity index (χ3v) is 4.36. The van der Waals surface area contributed by atoms with Gasteiger partial charge in [0.15, 0.2) is 0 Å². The van der Waals surface area contributed by atoms with E-state index in [0.717, 1.165) is 21.6 Å². The molecule has 0 aliphatic rings. The molecule has 0 fully saturated rings. The number of nitrogens with one attached hydrogen (secondary N) is 2. The Bertz CT molecular complexity index is 602. The van der Waals surface area contributed by atoms with Crippen LogP contribution in [0.1, 0.15) is 15.2 Å². The maximum absolute atomic E-state index is 13.1. The minimum atomic E-state index is -0.540. The van der Waals surface area contributed by atoms with E-state index in [1.165, 1.54) is 11.3 Å². The van der Waals surface area contributed by atoms with Crippen LogP contribution in [-0.2, 0) is 6.54 Å². The summed E-state index contributed by atoms with van der Waals surface area (Å²) in [5.74, 6) is -0.553. The highest BCUT2D eigenvalue weighted by Gasteiger charge is 2.13. The summed E-state index contributed by atoms with van der Waals surface area (Å²) in [7, 11) is 1.63. The van der Waals surface area contributed by atoms with Crippen LogP contribution >= 0.6 is 27.3 Å². The highest BCUT2D eigenvalue weighted by atomic mass is 79.9. The maximum Gasteiger partial charge on any atom is 0.255 e. The molecular formula is C12H11BrFN3OS. The zero-order valence-corrected chi connectivity index (χ0v) is 12.4. The summed E-state index contributed by atoms with van der Waals surface area (Å²) in [6.45, 7) is 0.386. The first-order chi connectivity index (χ1) is 9.11. The minimum Gasteiger partial charge on any atom is -0.372 e. The predicted molar refractivity (Wildman–Crippen MR) is 76.9 cm³/mol. The van der Waals surface area contributed by atoms with Crippen LogP contribution in [-0.4, -0.2) is 17.9 Å². The Morgan fingerprint density at radius 3 is 3.00 bits per heavy atom. The molecule has 2 rings (SSSR count). The van der Waals surface area contributed by atoms with Gasteiger partial charge in [0.1, 0.15) is 11.6 Å². The van der Waals surface area contributed by atoms with Gasteiger partial charge >= 0.3 is 0 Å². The van der Waals surface area contributed by atoms with E-state index in [1.54, 1.807) is 7.05 Å². The lowest BCUT2D eigenvalue weighted by molar-refractivity contribution is 0.0951. The van der Waals surface area contributed by atoms with Crippen molar-refractivity contribution in [2.45, 2.75) is 6.54 Å². The van der Waals surface area contributed by atoms with Gasteiger partial charge in [-0.1, -0.05) is 0 Å². The number of carbonyl (C=O) groups is 1. The number of rotatable bonds is 4. The summed E-state index contributed by atoms with van der Waals surface area (Å²) >= 11 is 4.92. The Morgan fingerprint density at radius 1 is 1.58 bits per heavy atom. The number of amides is 1. The molecule has 0 spiro atoms. The fraction of sp³-hybridized carbons (Fsp3) is 0.167. The number of aromatic nitrogens is 1. The maximum atomic E-state index is 13.1. The van der Waals surface area contributed by atoms with E-state index >= 15 is 0 Å². The van der Waals surface area contributed by atoms with Gasteiger partial charge in [0, 0.05) is 16.4 Å². The normalized spacial score (nSPS) is 10.3. The Morgan fingerprint density at radius 2 is 2.37 bits per heavy atom. The van der Waals surface area contributed by atoms with Gasteiger partial charge in [-0.05, 0) is 33.4 Å². The van der Waals surface area contributed by atoms with E-state index in [4.69, 9.17) is 0 Å². The molecule has 19 heavy (non-hydrogen) atoms. The Kier molecular flexibility index (Phi) is 4.49. The molecule has 100 valence electrons. The number of anilines is 1. The van der Waals surface area contributed by atoms with Crippen molar-refractivity contribution >= 4 is 39.0 Å². The van der Waals surface area contributed by atoms with E-state index in [-0.39, 0.29) is 11.5 Å². The van der Waals surface area contributed by atoms with Gasteiger partial charge in [-0.3, -0.25) is 4.79 Å². The zero-order valence-electron chi connectivity index (χ0n) is 10.0. The second-order valence-corrected chi connectivity index (χ2v) is 5.53. The Labute approximate surface area is 122 Å². The van der Waals surface area contributed by atoms with Gasteiger partial charge in [-0.25, -0.2) is 9.37 Å². The van der Waals surface area contributed by atoms with E-state index < -0.39 is 5.82 Å². The molecular weight excluding hydrogens is 333 g/mol.